The summed E-state index contributed by atoms with van der Waals surface area (Å²) in [5.41, 5.74) is 2.32. The molecule has 1 saturated heterocycles. The summed E-state index contributed by atoms with van der Waals surface area (Å²) in [6.07, 6.45) is 2.64. The second kappa shape index (κ2) is 4.76. The first kappa shape index (κ1) is 12.3. The standard InChI is InChI=1S/C15H20N2O2/c1-10-8-14(17-7-3-4-15(17)18)12-9-11(19-2)5-6-13(12)16-10/h5-6,9-10,14,16H,3-4,7-8H2,1-2H3/t10-,14+/m1/s1. The lowest BCUT2D eigenvalue weighted by Gasteiger charge is -2.37. The highest BCUT2D eigenvalue weighted by Crippen LogP contribution is 2.40. The molecule has 4 heteroatoms. The van der Waals surface area contributed by atoms with E-state index in [-0.39, 0.29) is 11.9 Å². The van der Waals surface area contributed by atoms with Crippen molar-refractivity contribution in [1.82, 2.24) is 4.90 Å². The van der Waals surface area contributed by atoms with E-state index in [1.807, 2.05) is 11.0 Å². The van der Waals surface area contributed by atoms with Gasteiger partial charge in [-0.05, 0) is 38.0 Å². The van der Waals surface area contributed by atoms with E-state index in [9.17, 15) is 4.79 Å². The summed E-state index contributed by atoms with van der Waals surface area (Å²) >= 11 is 0. The number of carbonyl (C=O) groups excluding carboxylic acids is 1. The van der Waals surface area contributed by atoms with Gasteiger partial charge in [0.05, 0.1) is 13.2 Å². The zero-order chi connectivity index (χ0) is 13.4. The van der Waals surface area contributed by atoms with Gasteiger partial charge in [0, 0.05) is 30.3 Å². The summed E-state index contributed by atoms with van der Waals surface area (Å²) in [5, 5.41) is 3.49. The van der Waals surface area contributed by atoms with Gasteiger partial charge in [0.2, 0.25) is 5.91 Å². The number of nitrogens with one attached hydrogen (secondary N) is 1. The summed E-state index contributed by atoms with van der Waals surface area (Å²) in [5.74, 6) is 1.14. The lowest BCUT2D eigenvalue weighted by Crippen LogP contribution is -2.37. The highest BCUT2D eigenvalue weighted by atomic mass is 16.5. The van der Waals surface area contributed by atoms with Crippen LogP contribution in [0.15, 0.2) is 18.2 Å². The van der Waals surface area contributed by atoms with E-state index in [0.29, 0.717) is 12.5 Å². The zero-order valence-electron chi connectivity index (χ0n) is 11.5. The maximum absolute atomic E-state index is 12.0. The number of benzene rings is 1. The van der Waals surface area contributed by atoms with E-state index < -0.39 is 0 Å². The van der Waals surface area contributed by atoms with Crippen molar-refractivity contribution in [2.45, 2.75) is 38.3 Å². The Morgan fingerprint density at radius 1 is 1.42 bits per heavy atom. The van der Waals surface area contributed by atoms with Crippen LogP contribution in [0.2, 0.25) is 0 Å². The van der Waals surface area contributed by atoms with Gasteiger partial charge in [-0.25, -0.2) is 0 Å². The summed E-state index contributed by atoms with van der Waals surface area (Å²) in [4.78, 5) is 14.1. The second-order valence-corrected chi connectivity index (χ2v) is 5.44. The van der Waals surface area contributed by atoms with E-state index in [1.54, 1.807) is 7.11 Å². The second-order valence-electron chi connectivity index (χ2n) is 5.44. The van der Waals surface area contributed by atoms with Gasteiger partial charge in [-0.1, -0.05) is 0 Å². The van der Waals surface area contributed by atoms with E-state index in [2.05, 4.69) is 24.4 Å². The molecule has 102 valence electrons. The molecule has 1 N–H and O–H groups in total. The fourth-order valence-corrected chi connectivity index (χ4v) is 3.15. The van der Waals surface area contributed by atoms with Crippen LogP contribution in [0, 0.1) is 0 Å². The van der Waals surface area contributed by atoms with Crippen LogP contribution in [0.3, 0.4) is 0 Å². The molecule has 0 aliphatic carbocycles. The third-order valence-electron chi connectivity index (χ3n) is 4.08. The van der Waals surface area contributed by atoms with Crippen molar-refractivity contribution in [3.8, 4) is 5.75 Å². The number of rotatable bonds is 2. The molecule has 1 amide bonds. The molecule has 2 aliphatic rings. The van der Waals surface area contributed by atoms with Crippen LogP contribution < -0.4 is 10.1 Å². The Morgan fingerprint density at radius 2 is 2.26 bits per heavy atom. The van der Waals surface area contributed by atoms with Crippen LogP contribution in [0.1, 0.15) is 37.8 Å². The number of hydrogen-bond acceptors (Lipinski definition) is 3. The quantitative estimate of drug-likeness (QED) is 0.888. The van der Waals surface area contributed by atoms with Gasteiger partial charge in [-0.2, -0.15) is 0 Å². The molecule has 4 nitrogen and oxygen atoms in total. The number of amides is 1. The Morgan fingerprint density at radius 3 is 2.95 bits per heavy atom. The number of methoxy groups -OCH3 is 1. The smallest absolute Gasteiger partial charge is 0.223 e. The minimum Gasteiger partial charge on any atom is -0.497 e. The molecule has 0 saturated carbocycles. The van der Waals surface area contributed by atoms with Crippen molar-refractivity contribution in [3.05, 3.63) is 23.8 Å². The van der Waals surface area contributed by atoms with Crippen LogP contribution in [-0.4, -0.2) is 30.5 Å². The van der Waals surface area contributed by atoms with Gasteiger partial charge >= 0.3 is 0 Å². The SMILES string of the molecule is COc1ccc2c(c1)[C@@H](N1CCCC1=O)C[C@@H](C)N2. The van der Waals surface area contributed by atoms with E-state index >= 15 is 0 Å². The van der Waals surface area contributed by atoms with Crippen molar-refractivity contribution in [1.29, 1.82) is 0 Å². The molecule has 0 aromatic heterocycles. The lowest BCUT2D eigenvalue weighted by atomic mass is 9.92. The predicted molar refractivity (Wildman–Crippen MR) is 74.4 cm³/mol. The molecule has 1 fully saturated rings. The fourth-order valence-electron chi connectivity index (χ4n) is 3.15. The fraction of sp³-hybridized carbons (Fsp3) is 0.533. The zero-order valence-corrected chi connectivity index (χ0v) is 11.5. The first-order chi connectivity index (χ1) is 9.19. The first-order valence-corrected chi connectivity index (χ1v) is 6.93. The third kappa shape index (κ3) is 2.15. The number of fused-ring (bicyclic) bond motifs is 1. The maximum atomic E-state index is 12.0. The Bertz CT molecular complexity index is 501. The molecule has 2 aliphatic heterocycles. The topological polar surface area (TPSA) is 41.6 Å². The van der Waals surface area contributed by atoms with Gasteiger partial charge in [-0.15, -0.1) is 0 Å². The number of nitrogens with zero attached hydrogens (tertiary/aromatic N) is 1. The molecule has 0 unspecified atom stereocenters. The molecule has 2 heterocycles. The summed E-state index contributed by atoms with van der Waals surface area (Å²) in [6, 6.07) is 6.66. The van der Waals surface area contributed by atoms with Crippen molar-refractivity contribution < 1.29 is 9.53 Å². The third-order valence-corrected chi connectivity index (χ3v) is 4.08. The first-order valence-electron chi connectivity index (χ1n) is 6.93. The Kier molecular flexibility index (Phi) is 3.09. The van der Waals surface area contributed by atoms with Crippen LogP contribution in [0.4, 0.5) is 5.69 Å². The average molecular weight is 260 g/mol. The van der Waals surface area contributed by atoms with Crippen LogP contribution in [0.5, 0.6) is 5.75 Å². The van der Waals surface area contributed by atoms with Crippen molar-refractivity contribution >= 4 is 11.6 Å². The van der Waals surface area contributed by atoms with E-state index in [1.165, 1.54) is 5.56 Å². The molecule has 3 rings (SSSR count). The summed E-state index contributed by atoms with van der Waals surface area (Å²) in [7, 11) is 1.68. The van der Waals surface area contributed by atoms with E-state index in [0.717, 1.165) is 30.8 Å². The van der Waals surface area contributed by atoms with Gasteiger partial charge < -0.3 is 15.0 Å². The molecular weight excluding hydrogens is 240 g/mol. The Hall–Kier alpha value is -1.71. The van der Waals surface area contributed by atoms with Crippen LogP contribution >= 0.6 is 0 Å². The number of anilines is 1. The molecule has 19 heavy (non-hydrogen) atoms. The van der Waals surface area contributed by atoms with Crippen molar-refractivity contribution in [2.24, 2.45) is 0 Å². The van der Waals surface area contributed by atoms with Gasteiger partial charge in [0.15, 0.2) is 0 Å². The molecule has 1 aromatic carbocycles. The summed E-state index contributed by atoms with van der Waals surface area (Å²) in [6.45, 7) is 3.05. The number of likely N-dealkylation sites (tertiary alicyclic amines) is 1. The Labute approximate surface area is 113 Å². The molecule has 0 spiro atoms. The van der Waals surface area contributed by atoms with Crippen molar-refractivity contribution in [2.75, 3.05) is 19.0 Å². The van der Waals surface area contributed by atoms with Crippen LogP contribution in [0.25, 0.3) is 0 Å². The highest BCUT2D eigenvalue weighted by molar-refractivity contribution is 5.79. The number of hydrogen-bond donors (Lipinski definition) is 1. The highest BCUT2D eigenvalue weighted by Gasteiger charge is 2.34. The minimum atomic E-state index is 0.191. The van der Waals surface area contributed by atoms with Crippen LogP contribution in [-0.2, 0) is 4.79 Å². The minimum absolute atomic E-state index is 0.191. The normalized spacial score (nSPS) is 26.0. The van der Waals surface area contributed by atoms with Gasteiger partial charge in [-0.3, -0.25) is 4.79 Å². The largest absolute Gasteiger partial charge is 0.497 e. The molecule has 0 bridgehead atoms. The predicted octanol–water partition coefficient (Wildman–Crippen LogP) is 2.56. The molecule has 1 aromatic rings. The van der Waals surface area contributed by atoms with E-state index in [4.69, 9.17) is 4.74 Å². The number of carbonyl (C=O) groups is 1. The van der Waals surface area contributed by atoms with Crippen molar-refractivity contribution in [3.63, 3.8) is 0 Å². The molecule has 2 atom stereocenters. The lowest BCUT2D eigenvalue weighted by molar-refractivity contribution is -0.130. The number of ether oxygens (including phenoxy) is 1. The Balaban J connectivity index is 1.99. The summed E-state index contributed by atoms with van der Waals surface area (Å²) < 4.78 is 5.31. The van der Waals surface area contributed by atoms with Gasteiger partial charge in [0.1, 0.15) is 5.75 Å². The molecular formula is C15H20N2O2. The van der Waals surface area contributed by atoms with Gasteiger partial charge in [0.25, 0.3) is 0 Å². The molecule has 0 radical (unpaired) electrons. The maximum Gasteiger partial charge on any atom is 0.223 e. The average Bonchev–Trinajstić information content (AvgIpc) is 2.83. The monoisotopic (exact) mass is 260 g/mol.